The van der Waals surface area contributed by atoms with E-state index < -0.39 is 12.1 Å². The summed E-state index contributed by atoms with van der Waals surface area (Å²) in [5.74, 6) is 0.496. The molecular weight excluding hydrogens is 308 g/mol. The van der Waals surface area contributed by atoms with Crippen LogP contribution in [0.25, 0.3) is 0 Å². The molecule has 7 nitrogen and oxygen atoms in total. The van der Waals surface area contributed by atoms with E-state index in [9.17, 15) is 9.59 Å². The number of amides is 3. The summed E-state index contributed by atoms with van der Waals surface area (Å²) in [4.78, 5) is 26.1. The summed E-state index contributed by atoms with van der Waals surface area (Å²) in [6.07, 6.45) is 0. The molecule has 0 saturated carbocycles. The molecule has 0 aromatic heterocycles. The van der Waals surface area contributed by atoms with E-state index in [0.29, 0.717) is 13.1 Å². The minimum atomic E-state index is -0.460. The molecule has 2 rings (SSSR count). The zero-order valence-corrected chi connectivity index (χ0v) is 14.5. The number of benzene rings is 1. The summed E-state index contributed by atoms with van der Waals surface area (Å²) in [7, 11) is 1.64. The first kappa shape index (κ1) is 18.2. The van der Waals surface area contributed by atoms with Crippen molar-refractivity contribution in [3.05, 3.63) is 29.8 Å². The Balaban J connectivity index is 2.16. The van der Waals surface area contributed by atoms with Crippen LogP contribution in [0.2, 0.25) is 0 Å². The van der Waals surface area contributed by atoms with E-state index in [2.05, 4.69) is 20.9 Å². The molecule has 0 spiro atoms. The van der Waals surface area contributed by atoms with Gasteiger partial charge in [-0.1, -0.05) is 18.2 Å². The summed E-state index contributed by atoms with van der Waals surface area (Å²) in [5.41, 5.74) is 1.03. The highest BCUT2D eigenvalue weighted by Gasteiger charge is 2.33. The van der Waals surface area contributed by atoms with Crippen molar-refractivity contribution in [2.45, 2.75) is 25.9 Å². The van der Waals surface area contributed by atoms with E-state index >= 15 is 0 Å². The Morgan fingerprint density at radius 1 is 1.42 bits per heavy atom. The lowest BCUT2D eigenvalue weighted by Gasteiger charge is -2.40. The summed E-state index contributed by atoms with van der Waals surface area (Å²) in [6, 6.07) is 6.94. The lowest BCUT2D eigenvalue weighted by molar-refractivity contribution is -0.126. The standard InChI is InChI=1S/C17H26N4O3/c1-4-19-17(23)20-16(22)12(2)21-10-9-18-11-14(21)13-7-5-6-8-15(13)24-3/h5-8,12,14,18H,4,9-11H2,1-3H3,(H2,19,20,22,23). The highest BCUT2D eigenvalue weighted by atomic mass is 16.5. The summed E-state index contributed by atoms with van der Waals surface area (Å²) < 4.78 is 5.46. The maximum atomic E-state index is 12.4. The van der Waals surface area contributed by atoms with Crippen LogP contribution in [0.5, 0.6) is 5.75 Å². The largest absolute Gasteiger partial charge is 0.496 e. The minimum Gasteiger partial charge on any atom is -0.496 e. The Labute approximate surface area is 142 Å². The fourth-order valence-corrected chi connectivity index (χ4v) is 2.99. The fourth-order valence-electron chi connectivity index (χ4n) is 2.99. The number of hydrogen-bond donors (Lipinski definition) is 3. The predicted octanol–water partition coefficient (Wildman–Crippen LogP) is 0.876. The summed E-state index contributed by atoms with van der Waals surface area (Å²) in [5, 5.41) is 8.33. The Morgan fingerprint density at radius 3 is 2.88 bits per heavy atom. The quantitative estimate of drug-likeness (QED) is 0.744. The molecule has 2 atom stereocenters. The lowest BCUT2D eigenvalue weighted by atomic mass is 10.00. The van der Waals surface area contributed by atoms with Crippen LogP contribution in [-0.2, 0) is 4.79 Å². The number of urea groups is 1. The zero-order valence-electron chi connectivity index (χ0n) is 14.5. The number of rotatable bonds is 5. The molecule has 1 fully saturated rings. The van der Waals surface area contributed by atoms with Crippen LogP contribution < -0.4 is 20.7 Å². The summed E-state index contributed by atoms with van der Waals surface area (Å²) >= 11 is 0. The van der Waals surface area contributed by atoms with Crippen LogP contribution in [0.1, 0.15) is 25.5 Å². The highest BCUT2D eigenvalue weighted by Crippen LogP contribution is 2.31. The predicted molar refractivity (Wildman–Crippen MR) is 92.0 cm³/mol. The van der Waals surface area contributed by atoms with Crippen molar-refractivity contribution in [1.29, 1.82) is 0 Å². The van der Waals surface area contributed by atoms with Gasteiger partial charge in [-0.25, -0.2) is 4.79 Å². The highest BCUT2D eigenvalue weighted by molar-refractivity contribution is 5.96. The van der Waals surface area contributed by atoms with Gasteiger partial charge in [0.15, 0.2) is 0 Å². The minimum absolute atomic E-state index is 0.00452. The number of carbonyl (C=O) groups excluding carboxylic acids is 2. The van der Waals surface area contributed by atoms with Crippen molar-refractivity contribution >= 4 is 11.9 Å². The number of piperazine rings is 1. The first-order valence-electron chi connectivity index (χ1n) is 8.26. The Bertz CT molecular complexity index is 579. The zero-order chi connectivity index (χ0) is 17.5. The van der Waals surface area contributed by atoms with Crippen LogP contribution in [0.3, 0.4) is 0 Å². The monoisotopic (exact) mass is 334 g/mol. The Hall–Kier alpha value is -2.12. The Kier molecular flexibility index (Phi) is 6.57. The van der Waals surface area contributed by atoms with Gasteiger partial charge >= 0.3 is 6.03 Å². The first-order valence-corrected chi connectivity index (χ1v) is 8.26. The molecular formula is C17H26N4O3. The van der Waals surface area contributed by atoms with Gasteiger partial charge < -0.3 is 15.4 Å². The fraction of sp³-hybridized carbons (Fsp3) is 0.529. The van der Waals surface area contributed by atoms with E-state index in [1.807, 2.05) is 38.1 Å². The molecule has 1 aliphatic heterocycles. The van der Waals surface area contributed by atoms with Gasteiger partial charge in [0.2, 0.25) is 5.91 Å². The summed E-state index contributed by atoms with van der Waals surface area (Å²) in [6.45, 7) is 6.34. The number of carbonyl (C=O) groups is 2. The van der Waals surface area contributed by atoms with Crippen molar-refractivity contribution in [3.63, 3.8) is 0 Å². The molecule has 1 aromatic rings. The van der Waals surface area contributed by atoms with Crippen molar-refractivity contribution in [3.8, 4) is 5.75 Å². The van der Waals surface area contributed by atoms with E-state index in [1.54, 1.807) is 7.11 Å². The average Bonchev–Trinajstić information content (AvgIpc) is 2.61. The normalized spacial score (nSPS) is 19.4. The van der Waals surface area contributed by atoms with Gasteiger partial charge in [0.25, 0.3) is 0 Å². The number of methoxy groups -OCH3 is 1. The van der Waals surface area contributed by atoms with Gasteiger partial charge in [-0.05, 0) is 19.9 Å². The lowest BCUT2D eigenvalue weighted by Crippen LogP contribution is -2.55. The molecule has 1 aromatic carbocycles. The SMILES string of the molecule is CCNC(=O)NC(=O)C(C)N1CCNCC1c1ccccc1OC. The number of para-hydroxylation sites is 1. The first-order chi connectivity index (χ1) is 11.6. The van der Waals surface area contributed by atoms with Crippen molar-refractivity contribution in [1.82, 2.24) is 20.9 Å². The Morgan fingerprint density at radius 2 is 2.17 bits per heavy atom. The molecule has 0 radical (unpaired) electrons. The van der Waals surface area contributed by atoms with Gasteiger partial charge in [0.05, 0.1) is 19.2 Å². The number of ether oxygens (including phenoxy) is 1. The molecule has 0 bridgehead atoms. The second-order valence-corrected chi connectivity index (χ2v) is 5.72. The van der Waals surface area contributed by atoms with Crippen LogP contribution >= 0.6 is 0 Å². The molecule has 1 heterocycles. The average molecular weight is 334 g/mol. The molecule has 3 amide bonds. The van der Waals surface area contributed by atoms with Gasteiger partial charge in [-0.2, -0.15) is 0 Å². The van der Waals surface area contributed by atoms with Crippen LogP contribution in [-0.4, -0.2) is 56.2 Å². The van der Waals surface area contributed by atoms with Crippen molar-refractivity contribution < 1.29 is 14.3 Å². The second-order valence-electron chi connectivity index (χ2n) is 5.72. The third-order valence-corrected chi connectivity index (χ3v) is 4.23. The van der Waals surface area contributed by atoms with Gasteiger partial charge in [0, 0.05) is 31.7 Å². The number of nitrogens with zero attached hydrogens (tertiary/aromatic N) is 1. The molecule has 7 heteroatoms. The molecule has 24 heavy (non-hydrogen) atoms. The molecule has 132 valence electrons. The van der Waals surface area contributed by atoms with E-state index in [-0.39, 0.29) is 11.9 Å². The topological polar surface area (TPSA) is 82.7 Å². The second kappa shape index (κ2) is 8.65. The third-order valence-electron chi connectivity index (χ3n) is 4.23. The van der Waals surface area contributed by atoms with E-state index in [0.717, 1.165) is 24.4 Å². The molecule has 1 aliphatic rings. The molecule has 2 unspecified atom stereocenters. The molecule has 3 N–H and O–H groups in total. The number of imide groups is 1. The molecule has 1 saturated heterocycles. The van der Waals surface area contributed by atoms with Crippen molar-refractivity contribution in [2.75, 3.05) is 33.3 Å². The van der Waals surface area contributed by atoms with Gasteiger partial charge in [0.1, 0.15) is 5.75 Å². The van der Waals surface area contributed by atoms with E-state index in [1.165, 1.54) is 0 Å². The maximum Gasteiger partial charge on any atom is 0.321 e. The van der Waals surface area contributed by atoms with Crippen molar-refractivity contribution in [2.24, 2.45) is 0 Å². The maximum absolute atomic E-state index is 12.4. The number of hydrogen-bond acceptors (Lipinski definition) is 5. The van der Waals surface area contributed by atoms with E-state index in [4.69, 9.17) is 4.74 Å². The smallest absolute Gasteiger partial charge is 0.321 e. The van der Waals surface area contributed by atoms with Crippen LogP contribution in [0.4, 0.5) is 4.79 Å². The molecule has 0 aliphatic carbocycles. The number of nitrogens with one attached hydrogen (secondary N) is 3. The van der Waals surface area contributed by atoms with Crippen LogP contribution in [0.15, 0.2) is 24.3 Å². The van der Waals surface area contributed by atoms with Gasteiger partial charge in [-0.3, -0.25) is 15.0 Å². The van der Waals surface area contributed by atoms with Crippen LogP contribution in [0, 0.1) is 0 Å². The third kappa shape index (κ3) is 4.24. The van der Waals surface area contributed by atoms with Gasteiger partial charge in [-0.15, -0.1) is 0 Å².